The molecule has 0 heterocycles. The van der Waals surface area contributed by atoms with Gasteiger partial charge in [-0.3, -0.25) is 4.79 Å². The molecule has 0 saturated carbocycles. The molecule has 0 aromatic heterocycles. The zero-order valence-corrected chi connectivity index (χ0v) is 11.8. The van der Waals surface area contributed by atoms with Crippen molar-refractivity contribution in [3.63, 3.8) is 0 Å². The van der Waals surface area contributed by atoms with E-state index < -0.39 is 5.97 Å². The summed E-state index contributed by atoms with van der Waals surface area (Å²) in [5.74, 6) is 6.13. The van der Waals surface area contributed by atoms with E-state index in [2.05, 4.69) is 11.8 Å². The molecule has 0 saturated heterocycles. The van der Waals surface area contributed by atoms with Crippen LogP contribution in [0.2, 0.25) is 0 Å². The zero-order chi connectivity index (χ0) is 15.1. The Balaban J connectivity index is 2.06. The molecule has 1 N–H and O–H groups in total. The van der Waals surface area contributed by atoms with Gasteiger partial charge in [-0.25, -0.2) is 0 Å². The summed E-state index contributed by atoms with van der Waals surface area (Å²) in [6, 6.07) is 14.9. The van der Waals surface area contributed by atoms with Crippen molar-refractivity contribution in [1.29, 1.82) is 0 Å². The molecule has 3 heteroatoms. The lowest BCUT2D eigenvalue weighted by Crippen LogP contribution is -1.99. The summed E-state index contributed by atoms with van der Waals surface area (Å²) in [6.07, 6.45) is 0.0343. The number of rotatable bonds is 4. The molecule has 0 spiro atoms. The summed E-state index contributed by atoms with van der Waals surface area (Å²) < 4.78 is 5.37. The van der Waals surface area contributed by atoms with E-state index in [0.29, 0.717) is 6.61 Å². The van der Waals surface area contributed by atoms with Crippen molar-refractivity contribution in [2.75, 3.05) is 6.61 Å². The summed E-state index contributed by atoms with van der Waals surface area (Å²) >= 11 is 0. The van der Waals surface area contributed by atoms with Crippen LogP contribution in [-0.2, 0) is 11.2 Å². The minimum Gasteiger partial charge on any atom is -0.494 e. The van der Waals surface area contributed by atoms with Crippen molar-refractivity contribution in [3.8, 4) is 17.6 Å². The SMILES string of the molecule is CCOc1ccc(C#Cc2ccc(CC(=O)O)cc2)cc1. The van der Waals surface area contributed by atoms with Crippen LogP contribution in [0.25, 0.3) is 0 Å². The summed E-state index contributed by atoms with van der Waals surface area (Å²) in [7, 11) is 0. The highest BCUT2D eigenvalue weighted by Crippen LogP contribution is 2.11. The molecular weight excluding hydrogens is 264 g/mol. The molecule has 0 fully saturated rings. The van der Waals surface area contributed by atoms with Gasteiger partial charge in [-0.1, -0.05) is 24.0 Å². The maximum Gasteiger partial charge on any atom is 0.307 e. The highest BCUT2D eigenvalue weighted by molar-refractivity contribution is 5.70. The summed E-state index contributed by atoms with van der Waals surface area (Å²) in [5, 5.41) is 8.71. The van der Waals surface area contributed by atoms with Gasteiger partial charge >= 0.3 is 5.97 Å². The van der Waals surface area contributed by atoms with Gasteiger partial charge in [0.1, 0.15) is 5.75 Å². The van der Waals surface area contributed by atoms with Crippen LogP contribution in [0.15, 0.2) is 48.5 Å². The quantitative estimate of drug-likeness (QED) is 0.875. The van der Waals surface area contributed by atoms with Gasteiger partial charge in [-0.15, -0.1) is 0 Å². The second kappa shape index (κ2) is 7.16. The van der Waals surface area contributed by atoms with Crippen molar-refractivity contribution >= 4 is 5.97 Å². The summed E-state index contributed by atoms with van der Waals surface area (Å²) in [4.78, 5) is 10.6. The first-order valence-electron chi connectivity index (χ1n) is 6.73. The number of aliphatic carboxylic acids is 1. The maximum absolute atomic E-state index is 10.6. The third-order valence-electron chi connectivity index (χ3n) is 2.83. The van der Waals surface area contributed by atoms with Gasteiger partial charge in [-0.05, 0) is 48.9 Å². The molecule has 0 atom stereocenters. The largest absolute Gasteiger partial charge is 0.494 e. The first-order chi connectivity index (χ1) is 10.2. The average Bonchev–Trinajstić information content (AvgIpc) is 2.48. The van der Waals surface area contributed by atoms with E-state index in [1.54, 1.807) is 12.1 Å². The normalized spacial score (nSPS) is 9.57. The lowest BCUT2D eigenvalue weighted by atomic mass is 10.1. The van der Waals surface area contributed by atoms with Crippen molar-refractivity contribution in [2.24, 2.45) is 0 Å². The maximum atomic E-state index is 10.6. The number of ether oxygens (including phenoxy) is 1. The molecule has 0 aliphatic carbocycles. The third-order valence-corrected chi connectivity index (χ3v) is 2.83. The number of hydrogen-bond donors (Lipinski definition) is 1. The molecule has 0 bridgehead atoms. The van der Waals surface area contributed by atoms with Crippen LogP contribution in [0.3, 0.4) is 0 Å². The Bertz CT molecular complexity index is 658. The highest BCUT2D eigenvalue weighted by Gasteiger charge is 1.99. The van der Waals surface area contributed by atoms with Crippen molar-refractivity contribution in [3.05, 3.63) is 65.2 Å². The minimum absolute atomic E-state index is 0.0343. The number of hydrogen-bond acceptors (Lipinski definition) is 2. The fraction of sp³-hybridized carbons (Fsp3) is 0.167. The Hall–Kier alpha value is -2.73. The van der Waals surface area contributed by atoms with Crippen LogP contribution in [-0.4, -0.2) is 17.7 Å². The fourth-order valence-electron chi connectivity index (χ4n) is 1.83. The van der Waals surface area contributed by atoms with E-state index in [4.69, 9.17) is 9.84 Å². The average molecular weight is 280 g/mol. The van der Waals surface area contributed by atoms with Crippen LogP contribution < -0.4 is 4.74 Å². The predicted octanol–water partition coefficient (Wildman–Crippen LogP) is 3.11. The molecule has 0 aliphatic heterocycles. The van der Waals surface area contributed by atoms with Gasteiger partial charge in [0.15, 0.2) is 0 Å². The first-order valence-corrected chi connectivity index (χ1v) is 6.73. The number of carboxylic acid groups (broad SMARTS) is 1. The van der Waals surface area contributed by atoms with E-state index in [1.807, 2.05) is 43.3 Å². The van der Waals surface area contributed by atoms with Crippen LogP contribution in [0.1, 0.15) is 23.6 Å². The molecule has 0 amide bonds. The van der Waals surface area contributed by atoms with Crippen LogP contribution in [0.4, 0.5) is 0 Å². The van der Waals surface area contributed by atoms with Crippen molar-refractivity contribution in [1.82, 2.24) is 0 Å². The monoisotopic (exact) mass is 280 g/mol. The van der Waals surface area contributed by atoms with E-state index in [9.17, 15) is 4.79 Å². The smallest absolute Gasteiger partial charge is 0.307 e. The Kier molecular flexibility index (Phi) is 5.00. The third kappa shape index (κ3) is 4.70. The molecule has 3 nitrogen and oxygen atoms in total. The molecule has 21 heavy (non-hydrogen) atoms. The number of carbonyl (C=O) groups is 1. The number of benzene rings is 2. The summed E-state index contributed by atoms with van der Waals surface area (Å²) in [6.45, 7) is 2.59. The molecule has 2 aromatic rings. The highest BCUT2D eigenvalue weighted by atomic mass is 16.5. The van der Waals surface area contributed by atoms with Gasteiger partial charge in [-0.2, -0.15) is 0 Å². The second-order valence-electron chi connectivity index (χ2n) is 4.47. The molecule has 2 aromatic carbocycles. The van der Waals surface area contributed by atoms with Gasteiger partial charge in [0.25, 0.3) is 0 Å². The molecule has 106 valence electrons. The minimum atomic E-state index is -0.830. The van der Waals surface area contributed by atoms with Crippen molar-refractivity contribution < 1.29 is 14.6 Å². The Morgan fingerprint density at radius 2 is 1.52 bits per heavy atom. The van der Waals surface area contributed by atoms with E-state index in [0.717, 1.165) is 22.4 Å². The molecule has 0 aliphatic rings. The number of carboxylic acids is 1. The predicted molar refractivity (Wildman–Crippen MR) is 81.4 cm³/mol. The fourth-order valence-corrected chi connectivity index (χ4v) is 1.83. The van der Waals surface area contributed by atoms with E-state index in [1.165, 1.54) is 0 Å². The van der Waals surface area contributed by atoms with Gasteiger partial charge in [0.2, 0.25) is 0 Å². The van der Waals surface area contributed by atoms with Gasteiger partial charge in [0.05, 0.1) is 13.0 Å². The van der Waals surface area contributed by atoms with E-state index in [-0.39, 0.29) is 6.42 Å². The topological polar surface area (TPSA) is 46.5 Å². The van der Waals surface area contributed by atoms with Crippen molar-refractivity contribution in [2.45, 2.75) is 13.3 Å². The Morgan fingerprint density at radius 1 is 1.00 bits per heavy atom. The Labute approximate surface area is 124 Å². The Morgan fingerprint density at radius 3 is 2.00 bits per heavy atom. The lowest BCUT2D eigenvalue weighted by Gasteiger charge is -2.01. The molecule has 0 unspecified atom stereocenters. The van der Waals surface area contributed by atoms with Gasteiger partial charge in [0, 0.05) is 11.1 Å². The second-order valence-corrected chi connectivity index (χ2v) is 4.47. The zero-order valence-electron chi connectivity index (χ0n) is 11.8. The molecular formula is C18H16O3. The lowest BCUT2D eigenvalue weighted by molar-refractivity contribution is -0.136. The van der Waals surface area contributed by atoms with E-state index >= 15 is 0 Å². The molecule has 0 radical (unpaired) electrons. The van der Waals surface area contributed by atoms with Gasteiger partial charge < -0.3 is 9.84 Å². The van der Waals surface area contributed by atoms with Crippen LogP contribution in [0, 0.1) is 11.8 Å². The first kappa shape index (κ1) is 14.7. The molecule has 2 rings (SSSR count). The van der Waals surface area contributed by atoms with Crippen LogP contribution in [0.5, 0.6) is 5.75 Å². The summed E-state index contributed by atoms with van der Waals surface area (Å²) in [5.41, 5.74) is 2.54. The van der Waals surface area contributed by atoms with Crippen LogP contribution >= 0.6 is 0 Å². The standard InChI is InChI=1S/C18H16O3/c1-2-21-17-11-9-15(10-12-17)4-3-14-5-7-16(8-6-14)13-18(19)20/h5-12H,2,13H2,1H3,(H,19,20).